The van der Waals surface area contributed by atoms with Gasteiger partial charge in [-0.05, 0) is 30.4 Å². The molecule has 0 radical (unpaired) electrons. The number of hydrogen-bond donors (Lipinski definition) is 0. The van der Waals surface area contributed by atoms with Gasteiger partial charge in [0.25, 0.3) is 6.02 Å². The van der Waals surface area contributed by atoms with Crippen molar-refractivity contribution in [3.8, 4) is 0 Å². The number of rotatable bonds is 1. The zero-order valence-corrected chi connectivity index (χ0v) is 11.1. The molecule has 2 aliphatic carbocycles. The summed E-state index contributed by atoms with van der Waals surface area (Å²) in [5.74, 6) is 2.05. The summed E-state index contributed by atoms with van der Waals surface area (Å²) < 4.78 is 5.90. The SMILES string of the molecule is CN1C(=Nc2ccccc2)OC[C@H]2[C@@H]1[C@@H]1C=C[C@H]2C1. The van der Waals surface area contributed by atoms with Crippen LogP contribution in [-0.4, -0.2) is 30.6 Å². The molecule has 3 nitrogen and oxygen atoms in total. The number of benzene rings is 1. The highest BCUT2D eigenvalue weighted by Gasteiger charge is 2.50. The van der Waals surface area contributed by atoms with Gasteiger partial charge in [0, 0.05) is 19.0 Å². The number of fused-ring (bicyclic) bond motifs is 5. The maximum atomic E-state index is 5.90. The van der Waals surface area contributed by atoms with Gasteiger partial charge in [-0.15, -0.1) is 0 Å². The van der Waals surface area contributed by atoms with E-state index in [9.17, 15) is 0 Å². The fourth-order valence-electron chi connectivity index (χ4n) is 3.82. The van der Waals surface area contributed by atoms with Crippen LogP contribution in [0.25, 0.3) is 0 Å². The van der Waals surface area contributed by atoms with E-state index in [0.29, 0.717) is 17.9 Å². The third-order valence-corrected chi connectivity index (χ3v) is 4.71. The maximum absolute atomic E-state index is 5.90. The van der Waals surface area contributed by atoms with Crippen molar-refractivity contribution < 1.29 is 4.74 Å². The van der Waals surface area contributed by atoms with E-state index in [2.05, 4.69) is 29.1 Å². The maximum Gasteiger partial charge on any atom is 0.292 e. The van der Waals surface area contributed by atoms with Gasteiger partial charge in [-0.3, -0.25) is 0 Å². The molecule has 1 aromatic carbocycles. The van der Waals surface area contributed by atoms with Crippen molar-refractivity contribution in [2.45, 2.75) is 12.5 Å². The van der Waals surface area contributed by atoms with Crippen LogP contribution in [0.4, 0.5) is 5.69 Å². The fourth-order valence-corrected chi connectivity index (χ4v) is 3.82. The van der Waals surface area contributed by atoms with Crippen molar-refractivity contribution in [2.24, 2.45) is 22.7 Å². The summed E-state index contributed by atoms with van der Waals surface area (Å²) in [5.41, 5.74) is 0.960. The number of para-hydroxylation sites is 1. The largest absolute Gasteiger partial charge is 0.464 e. The number of amidine groups is 1. The van der Waals surface area contributed by atoms with Crippen molar-refractivity contribution in [3.63, 3.8) is 0 Å². The normalized spacial score (nSPS) is 37.5. The number of aliphatic imine (C=N–C) groups is 1. The Hall–Kier alpha value is -1.77. The molecule has 2 bridgehead atoms. The van der Waals surface area contributed by atoms with Crippen LogP contribution in [0.15, 0.2) is 47.5 Å². The van der Waals surface area contributed by atoms with Crippen LogP contribution in [0.1, 0.15) is 6.42 Å². The average molecular weight is 254 g/mol. The predicted molar refractivity (Wildman–Crippen MR) is 75.3 cm³/mol. The van der Waals surface area contributed by atoms with Crippen LogP contribution in [0.3, 0.4) is 0 Å². The van der Waals surface area contributed by atoms with Crippen LogP contribution in [-0.2, 0) is 4.74 Å². The Bertz CT molecular complexity index is 537. The predicted octanol–water partition coefficient (Wildman–Crippen LogP) is 2.83. The molecule has 4 rings (SSSR count). The summed E-state index contributed by atoms with van der Waals surface area (Å²) in [4.78, 5) is 6.88. The first-order chi connectivity index (χ1) is 9.33. The summed E-state index contributed by atoms with van der Waals surface area (Å²) in [7, 11) is 2.12. The lowest BCUT2D eigenvalue weighted by Crippen LogP contribution is -2.51. The first-order valence-corrected chi connectivity index (χ1v) is 7.00. The molecule has 0 N–H and O–H groups in total. The second kappa shape index (κ2) is 4.12. The highest BCUT2D eigenvalue weighted by molar-refractivity contribution is 5.78. The van der Waals surface area contributed by atoms with E-state index in [1.54, 1.807) is 0 Å². The lowest BCUT2D eigenvalue weighted by atomic mass is 9.88. The molecule has 1 saturated heterocycles. The Morgan fingerprint density at radius 1 is 1.16 bits per heavy atom. The standard InChI is InChI=1S/C16H18N2O/c1-18-15-12-8-7-11(9-12)14(15)10-19-16(18)17-13-5-3-2-4-6-13/h2-8,11-12,14-15H,9-10H2,1H3/t11-,12+,14+,15-/m0/s1. The molecule has 0 spiro atoms. The van der Waals surface area contributed by atoms with Crippen molar-refractivity contribution in [1.82, 2.24) is 4.90 Å². The molecule has 4 atom stereocenters. The van der Waals surface area contributed by atoms with E-state index in [1.165, 1.54) is 6.42 Å². The molecule has 0 amide bonds. The molecule has 98 valence electrons. The van der Waals surface area contributed by atoms with Gasteiger partial charge in [0.05, 0.1) is 12.3 Å². The van der Waals surface area contributed by atoms with E-state index in [0.717, 1.165) is 24.2 Å². The fraction of sp³-hybridized carbons (Fsp3) is 0.438. The molecule has 3 aliphatic rings. The molecule has 3 heteroatoms. The van der Waals surface area contributed by atoms with Crippen LogP contribution < -0.4 is 0 Å². The summed E-state index contributed by atoms with van der Waals surface area (Å²) in [6.45, 7) is 0.812. The zero-order chi connectivity index (χ0) is 12.8. The quantitative estimate of drug-likeness (QED) is 0.720. The molecule has 2 fully saturated rings. The second-order valence-electron chi connectivity index (χ2n) is 5.75. The molecule has 0 unspecified atom stereocenters. The summed E-state index contributed by atoms with van der Waals surface area (Å²) in [6.07, 6.45) is 6.05. The molecule has 1 aromatic rings. The van der Waals surface area contributed by atoms with Gasteiger partial charge in [0.15, 0.2) is 0 Å². The molecule has 1 saturated carbocycles. The lowest BCUT2D eigenvalue weighted by molar-refractivity contribution is 0.0742. The third kappa shape index (κ3) is 1.68. The highest BCUT2D eigenvalue weighted by atomic mass is 16.5. The minimum absolute atomic E-state index is 0.575. The number of nitrogens with zero attached hydrogens (tertiary/aromatic N) is 2. The smallest absolute Gasteiger partial charge is 0.292 e. The number of ether oxygens (including phenoxy) is 1. The van der Waals surface area contributed by atoms with E-state index in [1.807, 2.05) is 30.3 Å². The topological polar surface area (TPSA) is 24.8 Å². The minimum Gasteiger partial charge on any atom is -0.464 e. The van der Waals surface area contributed by atoms with Crippen LogP contribution in [0.5, 0.6) is 0 Å². The number of allylic oxidation sites excluding steroid dienone is 1. The van der Waals surface area contributed by atoms with Crippen LogP contribution in [0.2, 0.25) is 0 Å². The molecular weight excluding hydrogens is 236 g/mol. The third-order valence-electron chi connectivity index (χ3n) is 4.71. The Labute approximate surface area is 113 Å². The summed E-state index contributed by atoms with van der Waals surface area (Å²) in [5, 5.41) is 0. The summed E-state index contributed by atoms with van der Waals surface area (Å²) >= 11 is 0. The molecule has 1 heterocycles. The molecule has 0 aromatic heterocycles. The Balaban J connectivity index is 1.63. The van der Waals surface area contributed by atoms with E-state index < -0.39 is 0 Å². The Morgan fingerprint density at radius 2 is 1.95 bits per heavy atom. The molecule has 19 heavy (non-hydrogen) atoms. The molecular formula is C16H18N2O. The van der Waals surface area contributed by atoms with Gasteiger partial charge in [0.2, 0.25) is 0 Å². The lowest BCUT2D eigenvalue weighted by Gasteiger charge is -2.41. The average Bonchev–Trinajstić information content (AvgIpc) is 3.04. The number of hydrogen-bond acceptors (Lipinski definition) is 2. The van der Waals surface area contributed by atoms with Crippen molar-refractivity contribution >= 4 is 11.7 Å². The Morgan fingerprint density at radius 3 is 2.79 bits per heavy atom. The van der Waals surface area contributed by atoms with Crippen LogP contribution in [0, 0.1) is 17.8 Å². The van der Waals surface area contributed by atoms with Crippen molar-refractivity contribution in [3.05, 3.63) is 42.5 Å². The minimum atomic E-state index is 0.575. The van der Waals surface area contributed by atoms with E-state index in [-0.39, 0.29) is 0 Å². The van der Waals surface area contributed by atoms with Crippen LogP contribution >= 0.6 is 0 Å². The van der Waals surface area contributed by atoms with Gasteiger partial charge in [-0.25, -0.2) is 0 Å². The van der Waals surface area contributed by atoms with Crippen molar-refractivity contribution in [1.29, 1.82) is 0 Å². The first-order valence-electron chi connectivity index (χ1n) is 7.00. The van der Waals surface area contributed by atoms with Gasteiger partial charge in [-0.2, -0.15) is 4.99 Å². The van der Waals surface area contributed by atoms with Gasteiger partial charge < -0.3 is 9.64 Å². The second-order valence-corrected chi connectivity index (χ2v) is 5.75. The van der Waals surface area contributed by atoms with Gasteiger partial charge in [0.1, 0.15) is 0 Å². The summed E-state index contributed by atoms with van der Waals surface area (Å²) in [6, 6.07) is 11.4. The van der Waals surface area contributed by atoms with E-state index in [4.69, 9.17) is 4.74 Å². The highest BCUT2D eigenvalue weighted by Crippen LogP contribution is 2.47. The molecule has 1 aliphatic heterocycles. The monoisotopic (exact) mass is 254 g/mol. The van der Waals surface area contributed by atoms with Crippen molar-refractivity contribution in [2.75, 3.05) is 13.7 Å². The van der Waals surface area contributed by atoms with E-state index >= 15 is 0 Å². The van der Waals surface area contributed by atoms with Gasteiger partial charge >= 0.3 is 0 Å². The van der Waals surface area contributed by atoms with Gasteiger partial charge in [-0.1, -0.05) is 30.4 Å². The first kappa shape index (κ1) is 11.1. The Kier molecular flexibility index (Phi) is 2.40. The zero-order valence-electron chi connectivity index (χ0n) is 11.1.